The minimum absolute atomic E-state index is 0.166. The van der Waals surface area contributed by atoms with E-state index in [1.54, 1.807) is 0 Å². The van der Waals surface area contributed by atoms with Crippen molar-refractivity contribution in [2.24, 2.45) is 0 Å². The van der Waals surface area contributed by atoms with Gasteiger partial charge in [0.25, 0.3) is 0 Å². The van der Waals surface area contributed by atoms with Crippen LogP contribution in [0, 0.1) is 0 Å². The maximum absolute atomic E-state index is 5.64. The summed E-state index contributed by atoms with van der Waals surface area (Å²) in [6.07, 6.45) is 2.30. The second kappa shape index (κ2) is 5.43. The van der Waals surface area contributed by atoms with Crippen LogP contribution in [0.1, 0.15) is 46.1 Å². The Balaban J connectivity index is 1.75. The highest BCUT2D eigenvalue weighted by molar-refractivity contribution is 5.48. The van der Waals surface area contributed by atoms with Crippen molar-refractivity contribution < 1.29 is 9.47 Å². The predicted molar refractivity (Wildman–Crippen MR) is 88.3 cm³/mol. The first-order valence-corrected chi connectivity index (χ1v) is 8.13. The molecule has 2 heterocycles. The maximum atomic E-state index is 5.64. The van der Waals surface area contributed by atoms with E-state index in [2.05, 4.69) is 51.0 Å². The van der Waals surface area contributed by atoms with Gasteiger partial charge < -0.3 is 14.8 Å². The Bertz CT molecular complexity index is 538. The number of hydrogen-bond donors (Lipinski definition) is 1. The van der Waals surface area contributed by atoms with Gasteiger partial charge in [-0.1, -0.05) is 12.1 Å². The molecule has 22 heavy (non-hydrogen) atoms. The molecule has 0 unspecified atom stereocenters. The number of benzene rings is 1. The van der Waals surface area contributed by atoms with Gasteiger partial charge in [0, 0.05) is 29.2 Å². The van der Waals surface area contributed by atoms with Gasteiger partial charge in [-0.05, 0) is 53.7 Å². The number of rotatable bonds is 3. The highest BCUT2D eigenvalue weighted by Gasteiger charge is 2.39. The molecule has 1 saturated heterocycles. The minimum Gasteiger partial charge on any atom is -0.454 e. The van der Waals surface area contributed by atoms with E-state index >= 15 is 0 Å². The van der Waals surface area contributed by atoms with Gasteiger partial charge in [0.2, 0.25) is 6.79 Å². The molecule has 1 N–H and O–H groups in total. The lowest BCUT2D eigenvalue weighted by molar-refractivity contribution is 0.0771. The Labute approximate surface area is 133 Å². The molecule has 0 aliphatic carbocycles. The first-order valence-electron chi connectivity index (χ1n) is 8.13. The van der Waals surface area contributed by atoms with Crippen LogP contribution < -0.4 is 14.8 Å². The highest BCUT2D eigenvalue weighted by atomic mass is 16.7. The average Bonchev–Trinajstić information content (AvgIpc) is 2.84. The monoisotopic (exact) mass is 304 g/mol. The molecule has 1 aromatic rings. The molecule has 0 spiro atoms. The van der Waals surface area contributed by atoms with E-state index in [4.69, 9.17) is 9.47 Å². The zero-order chi connectivity index (χ0) is 16.0. The quantitative estimate of drug-likeness (QED) is 0.930. The van der Waals surface area contributed by atoms with Gasteiger partial charge in [0.1, 0.15) is 0 Å². The first-order chi connectivity index (χ1) is 10.3. The van der Waals surface area contributed by atoms with Crippen LogP contribution in [0.5, 0.6) is 11.5 Å². The van der Waals surface area contributed by atoms with E-state index in [-0.39, 0.29) is 11.1 Å². The van der Waals surface area contributed by atoms with Crippen molar-refractivity contribution in [3.63, 3.8) is 0 Å². The SMILES string of the molecule is CN(Cc1cccc2c1OCO2)C1CC(C)(C)NC(C)(C)C1. The van der Waals surface area contributed by atoms with Gasteiger partial charge in [0.05, 0.1) is 0 Å². The maximum Gasteiger partial charge on any atom is 0.231 e. The largest absolute Gasteiger partial charge is 0.454 e. The van der Waals surface area contributed by atoms with Gasteiger partial charge in [-0.3, -0.25) is 4.90 Å². The van der Waals surface area contributed by atoms with Crippen LogP contribution in [0.4, 0.5) is 0 Å². The van der Waals surface area contributed by atoms with E-state index in [9.17, 15) is 0 Å². The normalized spacial score (nSPS) is 23.0. The number of piperidine rings is 1. The second-order valence-corrected chi connectivity index (χ2v) is 8.02. The van der Waals surface area contributed by atoms with Gasteiger partial charge in [-0.2, -0.15) is 0 Å². The van der Waals surface area contributed by atoms with Crippen molar-refractivity contribution in [2.75, 3.05) is 13.8 Å². The van der Waals surface area contributed by atoms with Crippen molar-refractivity contribution in [1.29, 1.82) is 0 Å². The summed E-state index contributed by atoms with van der Waals surface area (Å²) in [6.45, 7) is 10.4. The molecule has 2 aliphatic heterocycles. The van der Waals surface area contributed by atoms with Crippen LogP contribution >= 0.6 is 0 Å². The molecule has 4 nitrogen and oxygen atoms in total. The topological polar surface area (TPSA) is 33.7 Å². The number of para-hydroxylation sites is 1. The third kappa shape index (κ3) is 3.23. The fourth-order valence-electron chi connectivity index (χ4n) is 4.09. The van der Waals surface area contributed by atoms with Gasteiger partial charge in [-0.25, -0.2) is 0 Å². The van der Waals surface area contributed by atoms with Crippen molar-refractivity contribution in [1.82, 2.24) is 10.2 Å². The zero-order valence-electron chi connectivity index (χ0n) is 14.4. The summed E-state index contributed by atoms with van der Waals surface area (Å²) in [5.74, 6) is 1.79. The van der Waals surface area contributed by atoms with Crippen LogP contribution in [0.25, 0.3) is 0 Å². The Morgan fingerprint density at radius 2 is 1.82 bits per heavy atom. The Hall–Kier alpha value is -1.26. The van der Waals surface area contributed by atoms with E-state index in [0.29, 0.717) is 12.8 Å². The lowest BCUT2D eigenvalue weighted by Gasteiger charge is -2.49. The summed E-state index contributed by atoms with van der Waals surface area (Å²) in [4.78, 5) is 2.46. The summed E-state index contributed by atoms with van der Waals surface area (Å²) >= 11 is 0. The lowest BCUT2D eigenvalue weighted by atomic mass is 9.79. The zero-order valence-corrected chi connectivity index (χ0v) is 14.4. The summed E-state index contributed by atoms with van der Waals surface area (Å²) in [5, 5.41) is 3.75. The molecule has 1 aromatic carbocycles. The molecule has 1 fully saturated rings. The smallest absolute Gasteiger partial charge is 0.231 e. The Morgan fingerprint density at radius 3 is 2.50 bits per heavy atom. The fourth-order valence-corrected chi connectivity index (χ4v) is 4.09. The second-order valence-electron chi connectivity index (χ2n) is 8.02. The molecule has 0 aromatic heterocycles. The van der Waals surface area contributed by atoms with Crippen molar-refractivity contribution in [3.05, 3.63) is 23.8 Å². The molecule has 0 atom stereocenters. The number of hydrogen-bond acceptors (Lipinski definition) is 4. The third-order valence-corrected chi connectivity index (χ3v) is 4.69. The molecule has 0 radical (unpaired) electrons. The molecule has 122 valence electrons. The van der Waals surface area contributed by atoms with Crippen LogP contribution in [0.15, 0.2) is 18.2 Å². The van der Waals surface area contributed by atoms with Gasteiger partial charge in [-0.15, -0.1) is 0 Å². The van der Waals surface area contributed by atoms with Gasteiger partial charge in [0.15, 0.2) is 11.5 Å². The first kappa shape index (κ1) is 15.6. The van der Waals surface area contributed by atoms with Crippen LogP contribution in [0.2, 0.25) is 0 Å². The molecular weight excluding hydrogens is 276 g/mol. The molecule has 4 heteroatoms. The third-order valence-electron chi connectivity index (χ3n) is 4.69. The molecule has 0 bridgehead atoms. The minimum atomic E-state index is 0.166. The molecular formula is C18H28N2O2. The summed E-state index contributed by atoms with van der Waals surface area (Å²) in [7, 11) is 2.22. The number of ether oxygens (including phenoxy) is 2. The Morgan fingerprint density at radius 1 is 1.14 bits per heavy atom. The lowest BCUT2D eigenvalue weighted by Crippen LogP contribution is -2.61. The van der Waals surface area contributed by atoms with E-state index in [1.807, 2.05) is 12.1 Å². The molecule has 0 amide bonds. The molecule has 0 saturated carbocycles. The van der Waals surface area contributed by atoms with Crippen molar-refractivity contribution in [2.45, 2.75) is 64.2 Å². The van der Waals surface area contributed by atoms with Crippen molar-refractivity contribution in [3.8, 4) is 11.5 Å². The van der Waals surface area contributed by atoms with Crippen LogP contribution in [-0.4, -0.2) is 35.9 Å². The van der Waals surface area contributed by atoms with Crippen molar-refractivity contribution >= 4 is 0 Å². The number of nitrogens with zero attached hydrogens (tertiary/aromatic N) is 1. The molecule has 3 rings (SSSR count). The van der Waals surface area contributed by atoms with Gasteiger partial charge >= 0.3 is 0 Å². The number of nitrogens with one attached hydrogen (secondary N) is 1. The average molecular weight is 304 g/mol. The fraction of sp³-hybridized carbons (Fsp3) is 0.667. The standard InChI is InChI=1S/C18H28N2O2/c1-17(2)9-14(10-18(3,4)19-17)20(5)11-13-7-6-8-15-16(13)22-12-21-15/h6-8,14,19H,9-12H2,1-5H3. The van der Waals surface area contributed by atoms with E-state index in [1.165, 1.54) is 5.56 Å². The van der Waals surface area contributed by atoms with Crippen LogP contribution in [-0.2, 0) is 6.54 Å². The molecule has 2 aliphatic rings. The highest BCUT2D eigenvalue weighted by Crippen LogP contribution is 2.37. The van der Waals surface area contributed by atoms with Crippen LogP contribution in [0.3, 0.4) is 0 Å². The summed E-state index contributed by atoms with van der Waals surface area (Å²) in [5.41, 5.74) is 1.55. The summed E-state index contributed by atoms with van der Waals surface area (Å²) < 4.78 is 11.1. The number of fused-ring (bicyclic) bond motifs is 1. The van der Waals surface area contributed by atoms with E-state index in [0.717, 1.165) is 30.9 Å². The van der Waals surface area contributed by atoms with E-state index < -0.39 is 0 Å². The Kier molecular flexibility index (Phi) is 3.86. The summed E-state index contributed by atoms with van der Waals surface area (Å²) in [6, 6.07) is 6.72. The predicted octanol–water partition coefficient (Wildman–Crippen LogP) is 3.16.